The zero-order chi connectivity index (χ0) is 13.1. The highest BCUT2D eigenvalue weighted by molar-refractivity contribution is 6.04. The van der Waals surface area contributed by atoms with Gasteiger partial charge in [-0.1, -0.05) is 0 Å². The number of hydrogen-bond donors (Lipinski definition) is 1. The van der Waals surface area contributed by atoms with Crippen LogP contribution in [0.3, 0.4) is 0 Å². The molecule has 1 atom stereocenters. The van der Waals surface area contributed by atoms with Gasteiger partial charge in [-0.05, 0) is 13.0 Å². The zero-order valence-electron chi connectivity index (χ0n) is 10.00. The van der Waals surface area contributed by atoms with Gasteiger partial charge in [-0.3, -0.25) is 9.78 Å². The number of carboxylic acid groups (broad SMARTS) is 1. The summed E-state index contributed by atoms with van der Waals surface area (Å²) in [5.41, 5.74) is 0.104. The number of carbonyl (C=O) groups excluding carboxylic acids is 1. The van der Waals surface area contributed by atoms with E-state index in [1.54, 1.807) is 4.90 Å². The molecule has 0 saturated carbocycles. The molecule has 0 radical (unpaired) electrons. The van der Waals surface area contributed by atoms with E-state index in [4.69, 9.17) is 9.84 Å². The summed E-state index contributed by atoms with van der Waals surface area (Å²) in [7, 11) is 0. The first-order valence-electron chi connectivity index (χ1n) is 5.67. The molecule has 0 spiro atoms. The van der Waals surface area contributed by atoms with Crippen molar-refractivity contribution in [1.82, 2.24) is 9.88 Å². The lowest BCUT2D eigenvalue weighted by Crippen LogP contribution is -2.47. The fraction of sp³-hybridized carbons (Fsp3) is 0.417. The van der Waals surface area contributed by atoms with Gasteiger partial charge in [0.15, 0.2) is 0 Å². The molecule has 1 N–H and O–H groups in total. The molecular weight excluding hydrogens is 236 g/mol. The van der Waals surface area contributed by atoms with Crippen molar-refractivity contribution >= 4 is 11.9 Å². The van der Waals surface area contributed by atoms with Crippen LogP contribution >= 0.6 is 0 Å². The Morgan fingerprint density at radius 1 is 1.50 bits per heavy atom. The molecular formula is C12H14N2O4. The Morgan fingerprint density at radius 2 is 2.28 bits per heavy atom. The number of amides is 1. The summed E-state index contributed by atoms with van der Waals surface area (Å²) in [5, 5.41) is 9.04. The van der Waals surface area contributed by atoms with E-state index in [0.717, 1.165) is 0 Å². The van der Waals surface area contributed by atoms with Crippen LogP contribution in [0.1, 0.15) is 27.6 Å². The summed E-state index contributed by atoms with van der Waals surface area (Å²) >= 11 is 0. The van der Waals surface area contributed by atoms with Crippen molar-refractivity contribution in [3.8, 4) is 0 Å². The van der Waals surface area contributed by atoms with Crippen LogP contribution in [0, 0.1) is 0 Å². The van der Waals surface area contributed by atoms with E-state index >= 15 is 0 Å². The number of carbonyl (C=O) groups is 2. The minimum absolute atomic E-state index is 0.0546. The third-order valence-corrected chi connectivity index (χ3v) is 2.91. The molecule has 0 aliphatic carbocycles. The van der Waals surface area contributed by atoms with Gasteiger partial charge in [0.1, 0.15) is 0 Å². The Hall–Kier alpha value is -1.95. The molecule has 18 heavy (non-hydrogen) atoms. The number of ether oxygens (including phenoxy) is 1. The first-order valence-corrected chi connectivity index (χ1v) is 5.67. The topological polar surface area (TPSA) is 79.7 Å². The Labute approximate surface area is 104 Å². The summed E-state index contributed by atoms with van der Waals surface area (Å²) in [5.74, 6) is -1.43. The maximum atomic E-state index is 12.3. The monoisotopic (exact) mass is 250 g/mol. The SMILES string of the molecule is CC1COCCN1C(=O)c1ccncc1C(=O)O. The fourth-order valence-corrected chi connectivity index (χ4v) is 1.93. The predicted octanol–water partition coefficient (Wildman–Crippen LogP) is 0.641. The number of hydrogen-bond acceptors (Lipinski definition) is 4. The molecule has 1 saturated heterocycles. The van der Waals surface area contributed by atoms with E-state index in [2.05, 4.69) is 4.98 Å². The Bertz CT molecular complexity index is 475. The van der Waals surface area contributed by atoms with E-state index in [1.807, 2.05) is 6.92 Å². The molecule has 6 heteroatoms. The number of aromatic carboxylic acids is 1. The highest BCUT2D eigenvalue weighted by Crippen LogP contribution is 2.15. The summed E-state index contributed by atoms with van der Waals surface area (Å²) in [6.07, 6.45) is 2.62. The van der Waals surface area contributed by atoms with Crippen molar-refractivity contribution in [3.63, 3.8) is 0 Å². The minimum atomic E-state index is -1.15. The quantitative estimate of drug-likeness (QED) is 0.833. The second kappa shape index (κ2) is 5.14. The maximum absolute atomic E-state index is 12.3. The molecule has 0 aromatic carbocycles. The molecule has 1 unspecified atom stereocenters. The highest BCUT2D eigenvalue weighted by Gasteiger charge is 2.27. The molecule has 1 amide bonds. The lowest BCUT2D eigenvalue weighted by Gasteiger charge is -2.33. The van der Waals surface area contributed by atoms with E-state index in [1.165, 1.54) is 18.5 Å². The van der Waals surface area contributed by atoms with Gasteiger partial charge >= 0.3 is 5.97 Å². The van der Waals surface area contributed by atoms with Crippen LogP contribution < -0.4 is 0 Å². The first-order chi connectivity index (χ1) is 8.61. The van der Waals surface area contributed by atoms with Crippen molar-refractivity contribution in [3.05, 3.63) is 29.6 Å². The lowest BCUT2D eigenvalue weighted by atomic mass is 10.1. The van der Waals surface area contributed by atoms with Crippen LogP contribution in [0.25, 0.3) is 0 Å². The van der Waals surface area contributed by atoms with E-state index in [0.29, 0.717) is 19.8 Å². The van der Waals surface area contributed by atoms with Gasteiger partial charge in [0.05, 0.1) is 30.4 Å². The molecule has 6 nitrogen and oxygen atoms in total. The average Bonchev–Trinajstić information content (AvgIpc) is 2.38. The van der Waals surface area contributed by atoms with Crippen molar-refractivity contribution in [2.24, 2.45) is 0 Å². The molecule has 2 rings (SSSR count). The molecule has 1 aromatic rings. The number of pyridine rings is 1. The fourth-order valence-electron chi connectivity index (χ4n) is 1.93. The van der Waals surface area contributed by atoms with E-state index in [9.17, 15) is 9.59 Å². The second-order valence-electron chi connectivity index (χ2n) is 4.15. The Balaban J connectivity index is 2.30. The number of nitrogens with zero attached hydrogens (tertiary/aromatic N) is 2. The van der Waals surface area contributed by atoms with Crippen LogP contribution in [-0.2, 0) is 4.74 Å². The van der Waals surface area contributed by atoms with Gasteiger partial charge in [0, 0.05) is 18.9 Å². The minimum Gasteiger partial charge on any atom is -0.478 e. The molecule has 1 aliphatic rings. The van der Waals surface area contributed by atoms with Gasteiger partial charge in [0.25, 0.3) is 5.91 Å². The number of aromatic nitrogens is 1. The van der Waals surface area contributed by atoms with E-state index in [-0.39, 0.29) is 23.1 Å². The molecule has 1 aromatic heterocycles. The molecule has 96 valence electrons. The van der Waals surface area contributed by atoms with Crippen LogP contribution in [0.4, 0.5) is 0 Å². The average molecular weight is 250 g/mol. The molecule has 1 fully saturated rings. The van der Waals surface area contributed by atoms with Crippen molar-refractivity contribution in [1.29, 1.82) is 0 Å². The van der Waals surface area contributed by atoms with Crippen molar-refractivity contribution < 1.29 is 19.4 Å². The second-order valence-corrected chi connectivity index (χ2v) is 4.15. The molecule has 2 heterocycles. The van der Waals surface area contributed by atoms with Crippen LogP contribution in [0.5, 0.6) is 0 Å². The Morgan fingerprint density at radius 3 is 2.94 bits per heavy atom. The van der Waals surface area contributed by atoms with E-state index < -0.39 is 5.97 Å². The number of carboxylic acids is 1. The molecule has 1 aliphatic heterocycles. The largest absolute Gasteiger partial charge is 0.478 e. The van der Waals surface area contributed by atoms with Crippen LogP contribution in [0.2, 0.25) is 0 Å². The van der Waals surface area contributed by atoms with Gasteiger partial charge in [-0.2, -0.15) is 0 Å². The normalized spacial score (nSPS) is 19.6. The maximum Gasteiger partial charge on any atom is 0.338 e. The van der Waals surface area contributed by atoms with Crippen LogP contribution in [-0.4, -0.2) is 52.7 Å². The lowest BCUT2D eigenvalue weighted by molar-refractivity contribution is 0.00345. The van der Waals surface area contributed by atoms with Gasteiger partial charge < -0.3 is 14.7 Å². The predicted molar refractivity (Wildman–Crippen MR) is 62.5 cm³/mol. The Kier molecular flexibility index (Phi) is 3.57. The third kappa shape index (κ3) is 2.33. The van der Waals surface area contributed by atoms with Gasteiger partial charge in [-0.25, -0.2) is 4.79 Å². The standard InChI is InChI=1S/C12H14N2O4/c1-8-7-18-5-4-14(8)11(15)9-2-3-13-6-10(9)12(16)17/h2-3,6,8H,4-5,7H2,1H3,(H,16,17). The molecule has 0 bridgehead atoms. The van der Waals surface area contributed by atoms with Crippen molar-refractivity contribution in [2.45, 2.75) is 13.0 Å². The van der Waals surface area contributed by atoms with Gasteiger partial charge in [0.2, 0.25) is 0 Å². The summed E-state index contributed by atoms with van der Waals surface area (Å²) in [6, 6.07) is 1.38. The number of morpholine rings is 1. The highest BCUT2D eigenvalue weighted by atomic mass is 16.5. The zero-order valence-corrected chi connectivity index (χ0v) is 10.00. The summed E-state index contributed by atoms with van der Waals surface area (Å²) in [4.78, 5) is 28.7. The van der Waals surface area contributed by atoms with Gasteiger partial charge in [-0.15, -0.1) is 0 Å². The first kappa shape index (κ1) is 12.5. The summed E-state index contributed by atoms with van der Waals surface area (Å²) < 4.78 is 5.25. The van der Waals surface area contributed by atoms with Crippen molar-refractivity contribution in [2.75, 3.05) is 19.8 Å². The number of rotatable bonds is 2. The van der Waals surface area contributed by atoms with Crippen LogP contribution in [0.15, 0.2) is 18.5 Å². The third-order valence-electron chi connectivity index (χ3n) is 2.91. The summed E-state index contributed by atoms with van der Waals surface area (Å²) in [6.45, 7) is 3.29. The smallest absolute Gasteiger partial charge is 0.338 e.